The summed E-state index contributed by atoms with van der Waals surface area (Å²) in [7, 11) is 0. The molecule has 0 aliphatic carbocycles. The highest BCUT2D eigenvalue weighted by molar-refractivity contribution is 6.26. The highest BCUT2D eigenvalue weighted by Gasteiger charge is 2.24. The average molecular weight is 659 g/mol. The summed E-state index contributed by atoms with van der Waals surface area (Å²) < 4.78 is 13.9. The lowest BCUT2D eigenvalue weighted by Gasteiger charge is -2.11. The van der Waals surface area contributed by atoms with Gasteiger partial charge in [-0.25, -0.2) is 0 Å². The third kappa shape index (κ3) is 5.38. The third-order valence-corrected chi connectivity index (χ3v) is 9.69. The maximum absolute atomic E-state index is 7.03. The summed E-state index contributed by atoms with van der Waals surface area (Å²) >= 11 is 0. The van der Waals surface area contributed by atoms with Crippen molar-refractivity contribution in [2.75, 3.05) is 0 Å². The molecule has 0 aliphatic heterocycles. The first-order valence-electron chi connectivity index (χ1n) is 17.2. The minimum Gasteiger partial charge on any atom is -0.455 e. The number of hydrogen-bond acceptors (Lipinski definition) is 4. The van der Waals surface area contributed by atoms with Crippen LogP contribution in [0, 0.1) is 0 Å². The Hall–Kier alpha value is -6.65. The van der Waals surface area contributed by atoms with Gasteiger partial charge in [-0.15, -0.1) is 0 Å². The van der Waals surface area contributed by atoms with Crippen molar-refractivity contribution in [2.45, 2.75) is 13.0 Å². The van der Waals surface area contributed by atoms with Gasteiger partial charge in [-0.3, -0.25) is 4.99 Å². The van der Waals surface area contributed by atoms with Gasteiger partial charge in [-0.1, -0.05) is 152 Å². The minimum absolute atomic E-state index is 0.118. The summed E-state index contributed by atoms with van der Waals surface area (Å²) in [6.45, 7) is 2.11. The topological polar surface area (TPSA) is 64.7 Å². The number of aliphatic imine (C=N–C) groups is 1. The molecule has 4 heteroatoms. The molecule has 0 aliphatic rings. The van der Waals surface area contributed by atoms with Crippen LogP contribution in [0.4, 0.5) is 0 Å². The zero-order valence-electron chi connectivity index (χ0n) is 28.1. The fourth-order valence-corrected chi connectivity index (χ4v) is 7.16. The molecule has 0 bridgehead atoms. The lowest BCUT2D eigenvalue weighted by molar-refractivity contribution is 0.658. The van der Waals surface area contributed by atoms with Crippen molar-refractivity contribution in [1.29, 1.82) is 0 Å². The molecule has 9 rings (SSSR count). The molecule has 2 heterocycles. The van der Waals surface area contributed by atoms with Gasteiger partial charge in [0.2, 0.25) is 0 Å². The summed E-state index contributed by atoms with van der Waals surface area (Å²) in [5.74, 6) is 0. The van der Waals surface area contributed by atoms with E-state index in [9.17, 15) is 0 Å². The van der Waals surface area contributed by atoms with E-state index < -0.39 is 0 Å². The molecular weight excluding hydrogens is 625 g/mol. The van der Waals surface area contributed by atoms with E-state index in [1.807, 2.05) is 66.7 Å². The summed E-state index contributed by atoms with van der Waals surface area (Å²) in [4.78, 5) is 5.29. The lowest BCUT2D eigenvalue weighted by Crippen LogP contribution is -2.06. The number of benzene rings is 7. The Labute approximate surface area is 295 Å². The molecule has 0 amide bonds. The first-order chi connectivity index (χ1) is 25.1. The van der Waals surface area contributed by atoms with Gasteiger partial charge in [0, 0.05) is 38.4 Å². The standard InChI is InChI=1S/C47H34N2O2/c1-30(31-16-6-2-7-17-31)49-42(29-41(48)33-20-10-4-11-21-33)38-27-15-26-37-40-28-39-36-25-14-24-35(32-18-8-3-9-19-32)44(36)50-46(39)43(47(40)51-45(37)38)34-22-12-5-13-23-34/h2-30H,48H2,1H3/b41-29-,49-42?. The molecule has 0 saturated heterocycles. The molecule has 0 spiro atoms. The van der Waals surface area contributed by atoms with E-state index in [0.717, 1.165) is 88.5 Å². The lowest BCUT2D eigenvalue weighted by atomic mass is 9.97. The van der Waals surface area contributed by atoms with Crippen LogP contribution in [0.5, 0.6) is 0 Å². The first kappa shape index (κ1) is 30.4. The largest absolute Gasteiger partial charge is 0.455 e. The molecule has 9 aromatic rings. The Balaban J connectivity index is 1.33. The smallest absolute Gasteiger partial charge is 0.147 e. The molecule has 2 aromatic heterocycles. The van der Waals surface area contributed by atoms with Gasteiger partial charge in [0.05, 0.1) is 17.3 Å². The predicted octanol–water partition coefficient (Wildman–Crippen LogP) is 12.4. The van der Waals surface area contributed by atoms with Gasteiger partial charge in [0.1, 0.15) is 22.3 Å². The molecule has 7 aromatic carbocycles. The highest BCUT2D eigenvalue weighted by Crippen LogP contribution is 2.46. The highest BCUT2D eigenvalue weighted by atomic mass is 16.3. The van der Waals surface area contributed by atoms with Crippen molar-refractivity contribution >= 4 is 55.3 Å². The second kappa shape index (κ2) is 12.7. The van der Waals surface area contributed by atoms with E-state index in [4.69, 9.17) is 19.6 Å². The second-order valence-electron chi connectivity index (χ2n) is 12.9. The fourth-order valence-electron chi connectivity index (χ4n) is 7.16. The minimum atomic E-state index is -0.118. The quantitative estimate of drug-likeness (QED) is 0.173. The predicted molar refractivity (Wildman–Crippen MR) is 212 cm³/mol. The molecule has 1 atom stereocenters. The van der Waals surface area contributed by atoms with Gasteiger partial charge in [-0.05, 0) is 47.4 Å². The van der Waals surface area contributed by atoms with E-state index in [0.29, 0.717) is 5.70 Å². The van der Waals surface area contributed by atoms with Gasteiger partial charge in [0.15, 0.2) is 0 Å². The van der Waals surface area contributed by atoms with E-state index >= 15 is 0 Å². The number of fused-ring (bicyclic) bond motifs is 6. The van der Waals surface area contributed by atoms with Crippen molar-refractivity contribution in [2.24, 2.45) is 10.7 Å². The van der Waals surface area contributed by atoms with Crippen LogP contribution in [0.1, 0.15) is 29.7 Å². The molecule has 0 saturated carbocycles. The van der Waals surface area contributed by atoms with E-state index in [2.05, 4.69) is 110 Å². The van der Waals surface area contributed by atoms with Gasteiger partial charge >= 0.3 is 0 Å². The van der Waals surface area contributed by atoms with Crippen LogP contribution in [0.15, 0.2) is 184 Å². The summed E-state index contributed by atoms with van der Waals surface area (Å²) in [6, 6.07) is 55.9. The Morgan fingerprint density at radius 1 is 0.549 bits per heavy atom. The fraction of sp³-hybridized carbons (Fsp3) is 0.0426. The first-order valence-corrected chi connectivity index (χ1v) is 17.2. The zero-order chi connectivity index (χ0) is 34.3. The Morgan fingerprint density at radius 2 is 1.10 bits per heavy atom. The molecule has 1 unspecified atom stereocenters. The van der Waals surface area contributed by atoms with E-state index in [1.54, 1.807) is 0 Å². The van der Waals surface area contributed by atoms with E-state index in [-0.39, 0.29) is 6.04 Å². The van der Waals surface area contributed by atoms with Crippen molar-refractivity contribution < 1.29 is 8.83 Å². The van der Waals surface area contributed by atoms with Crippen molar-refractivity contribution in [3.8, 4) is 22.3 Å². The number of hydrogen-bond donors (Lipinski definition) is 1. The number of nitrogens with zero attached hydrogens (tertiary/aromatic N) is 1. The van der Waals surface area contributed by atoms with Gasteiger partial charge in [0.25, 0.3) is 0 Å². The summed E-state index contributed by atoms with van der Waals surface area (Å²) in [5.41, 5.74) is 18.4. The molecule has 0 fully saturated rings. The number of furan rings is 2. The third-order valence-electron chi connectivity index (χ3n) is 9.69. The van der Waals surface area contributed by atoms with Crippen molar-refractivity contribution in [1.82, 2.24) is 0 Å². The Bertz CT molecular complexity index is 2740. The molecule has 2 N–H and O–H groups in total. The van der Waals surface area contributed by atoms with Crippen molar-refractivity contribution in [3.05, 3.63) is 187 Å². The van der Waals surface area contributed by atoms with Crippen LogP contribution in [0.3, 0.4) is 0 Å². The number of allylic oxidation sites excluding steroid dienone is 1. The monoisotopic (exact) mass is 658 g/mol. The van der Waals surface area contributed by atoms with E-state index in [1.165, 1.54) is 0 Å². The average Bonchev–Trinajstić information content (AvgIpc) is 3.76. The van der Waals surface area contributed by atoms with Gasteiger partial charge < -0.3 is 14.6 Å². The maximum Gasteiger partial charge on any atom is 0.147 e. The normalized spacial score (nSPS) is 13.0. The van der Waals surface area contributed by atoms with Gasteiger partial charge in [-0.2, -0.15) is 0 Å². The zero-order valence-corrected chi connectivity index (χ0v) is 28.1. The maximum atomic E-state index is 7.03. The summed E-state index contributed by atoms with van der Waals surface area (Å²) in [5, 5.41) is 4.12. The van der Waals surface area contributed by atoms with Crippen LogP contribution in [0.25, 0.3) is 71.8 Å². The van der Waals surface area contributed by atoms with Crippen LogP contribution in [-0.4, -0.2) is 5.71 Å². The van der Waals surface area contributed by atoms with Crippen LogP contribution < -0.4 is 5.73 Å². The molecular formula is C47H34N2O2. The number of nitrogens with two attached hydrogens (primary N) is 1. The van der Waals surface area contributed by atoms with Crippen LogP contribution >= 0.6 is 0 Å². The molecule has 51 heavy (non-hydrogen) atoms. The summed E-state index contributed by atoms with van der Waals surface area (Å²) in [6.07, 6.45) is 1.97. The number of rotatable bonds is 7. The number of para-hydroxylation sites is 2. The Kier molecular flexibility index (Phi) is 7.55. The second-order valence-corrected chi connectivity index (χ2v) is 12.9. The molecule has 4 nitrogen and oxygen atoms in total. The van der Waals surface area contributed by atoms with Crippen molar-refractivity contribution in [3.63, 3.8) is 0 Å². The van der Waals surface area contributed by atoms with Crippen LogP contribution in [0.2, 0.25) is 0 Å². The SMILES string of the molecule is CC(N=C(/C=C(\N)c1ccccc1)c1cccc2c1oc1c(-c3ccccc3)c3oc4c(-c5ccccc5)cccc4c3cc12)c1ccccc1. The van der Waals surface area contributed by atoms with Crippen LogP contribution in [-0.2, 0) is 0 Å². The Morgan fingerprint density at radius 3 is 1.76 bits per heavy atom. The molecule has 0 radical (unpaired) electrons. The molecule has 244 valence electrons.